The normalized spacial score (nSPS) is 14.7. The number of carbonyl (C=O) groups is 1. The van der Waals surface area contributed by atoms with Gasteiger partial charge in [-0.3, -0.25) is 4.79 Å². The van der Waals surface area contributed by atoms with Gasteiger partial charge >= 0.3 is 0 Å². The van der Waals surface area contributed by atoms with Gasteiger partial charge in [0.2, 0.25) is 0 Å². The number of anilines is 2. The van der Waals surface area contributed by atoms with Gasteiger partial charge in [-0.05, 0) is 43.2 Å². The van der Waals surface area contributed by atoms with Crippen LogP contribution in [0.25, 0.3) is 0 Å². The summed E-state index contributed by atoms with van der Waals surface area (Å²) in [4.78, 5) is 14.7. The first-order valence-corrected chi connectivity index (χ1v) is 8.76. The number of thiol groups is 1. The van der Waals surface area contributed by atoms with Gasteiger partial charge in [0.15, 0.2) is 0 Å². The summed E-state index contributed by atoms with van der Waals surface area (Å²) in [7, 11) is 0. The van der Waals surface area contributed by atoms with Crippen molar-refractivity contribution >= 4 is 29.9 Å². The average molecular weight is 341 g/mol. The zero-order valence-corrected chi connectivity index (χ0v) is 14.9. The number of fused-ring (bicyclic) bond motifs is 1. The van der Waals surface area contributed by atoms with Crippen LogP contribution >= 0.6 is 12.6 Å². The van der Waals surface area contributed by atoms with Crippen LogP contribution in [0.1, 0.15) is 27.0 Å². The Morgan fingerprint density at radius 2 is 2.00 bits per heavy atom. The smallest absolute Gasteiger partial charge is 0.259 e. The van der Waals surface area contributed by atoms with Gasteiger partial charge in [0.05, 0.1) is 6.54 Å². The molecule has 4 nitrogen and oxygen atoms in total. The molecule has 0 radical (unpaired) electrons. The van der Waals surface area contributed by atoms with Crippen LogP contribution in [0.2, 0.25) is 0 Å². The third-order valence-electron chi connectivity index (χ3n) is 4.62. The van der Waals surface area contributed by atoms with E-state index in [-0.39, 0.29) is 11.9 Å². The fourth-order valence-electron chi connectivity index (χ4n) is 3.03. The fourth-order valence-corrected chi connectivity index (χ4v) is 3.16. The molecule has 1 atom stereocenters. The Morgan fingerprint density at radius 1 is 1.25 bits per heavy atom. The highest BCUT2D eigenvalue weighted by Gasteiger charge is 2.31. The number of nitrogens with one attached hydrogen (secondary N) is 1. The molecule has 1 aliphatic heterocycles. The van der Waals surface area contributed by atoms with Gasteiger partial charge in [-0.25, -0.2) is 0 Å². The molecule has 0 saturated carbocycles. The van der Waals surface area contributed by atoms with Crippen molar-refractivity contribution in [3.63, 3.8) is 0 Å². The minimum Gasteiger partial charge on any atom is -0.383 e. The lowest BCUT2D eigenvalue weighted by Crippen LogP contribution is -2.30. The monoisotopic (exact) mass is 341 g/mol. The van der Waals surface area contributed by atoms with Crippen molar-refractivity contribution in [3.8, 4) is 0 Å². The fraction of sp³-hybridized carbons (Fsp3) is 0.316. The van der Waals surface area contributed by atoms with Crippen molar-refractivity contribution < 1.29 is 4.79 Å². The van der Waals surface area contributed by atoms with E-state index in [0.29, 0.717) is 18.8 Å². The Labute approximate surface area is 148 Å². The van der Waals surface area contributed by atoms with Crippen LogP contribution < -0.4 is 16.0 Å². The number of amides is 1. The molecule has 0 fully saturated rings. The van der Waals surface area contributed by atoms with Crippen molar-refractivity contribution in [3.05, 3.63) is 58.7 Å². The van der Waals surface area contributed by atoms with Gasteiger partial charge in [-0.1, -0.05) is 18.2 Å². The van der Waals surface area contributed by atoms with Crippen LogP contribution in [0.15, 0.2) is 36.4 Å². The maximum absolute atomic E-state index is 12.9. The third-order valence-corrected chi connectivity index (χ3v) is 5.09. The van der Waals surface area contributed by atoms with E-state index in [2.05, 4.69) is 37.9 Å². The molecule has 0 unspecified atom stereocenters. The molecule has 1 amide bonds. The lowest BCUT2D eigenvalue weighted by molar-refractivity contribution is 0.0996. The number of benzene rings is 2. The second-order valence-electron chi connectivity index (χ2n) is 6.27. The molecule has 5 heteroatoms. The Kier molecular flexibility index (Phi) is 4.83. The second-order valence-corrected chi connectivity index (χ2v) is 6.63. The number of hydrogen-bond acceptors (Lipinski definition) is 4. The number of aryl methyl sites for hydroxylation is 1. The topological polar surface area (TPSA) is 58.4 Å². The molecule has 2 aromatic rings. The number of nitrogens with two attached hydrogens (primary N) is 1. The molecule has 0 saturated heterocycles. The predicted molar refractivity (Wildman–Crippen MR) is 103 cm³/mol. The number of nitrogens with zero attached hydrogens (tertiary/aromatic N) is 1. The van der Waals surface area contributed by atoms with E-state index >= 15 is 0 Å². The van der Waals surface area contributed by atoms with Crippen LogP contribution in [-0.2, 0) is 6.54 Å². The van der Waals surface area contributed by atoms with Crippen molar-refractivity contribution in [2.24, 2.45) is 5.73 Å². The van der Waals surface area contributed by atoms with Crippen LogP contribution in [0.3, 0.4) is 0 Å². The summed E-state index contributed by atoms with van der Waals surface area (Å²) < 4.78 is 0. The van der Waals surface area contributed by atoms with E-state index in [1.54, 1.807) is 0 Å². The standard InChI is InChI=1S/C19H23N3OS/c1-12-5-3-8-18(13(12)2)22-10-16-15(19(22)23)6-4-7-17(16)21-9-14(20)11-24/h3-8,14,21,24H,9-11,20H2,1-2H3/t14-/m1/s1. The lowest BCUT2D eigenvalue weighted by Gasteiger charge is -2.20. The Hall–Kier alpha value is -1.98. The van der Waals surface area contributed by atoms with E-state index in [0.717, 1.165) is 28.1 Å². The Bertz CT molecular complexity index is 775. The van der Waals surface area contributed by atoms with Crippen LogP contribution in [0.4, 0.5) is 11.4 Å². The number of hydrogen-bond donors (Lipinski definition) is 3. The first-order valence-electron chi connectivity index (χ1n) is 8.13. The van der Waals surface area contributed by atoms with Crippen molar-refractivity contribution in [2.45, 2.75) is 26.4 Å². The SMILES string of the molecule is Cc1cccc(N2Cc3c(NC[C@@H](N)CS)cccc3C2=O)c1C. The quantitative estimate of drug-likeness (QED) is 0.732. The van der Waals surface area contributed by atoms with Gasteiger partial charge in [-0.15, -0.1) is 0 Å². The lowest BCUT2D eigenvalue weighted by atomic mass is 10.1. The zero-order chi connectivity index (χ0) is 17.3. The Balaban J connectivity index is 1.91. The molecule has 0 aromatic heterocycles. The molecule has 3 rings (SSSR count). The van der Waals surface area contributed by atoms with E-state index in [4.69, 9.17) is 5.73 Å². The molecule has 0 bridgehead atoms. The summed E-state index contributed by atoms with van der Waals surface area (Å²) in [6, 6.07) is 11.9. The minimum atomic E-state index is -0.0172. The van der Waals surface area contributed by atoms with Crippen LogP contribution in [-0.4, -0.2) is 24.2 Å². The molecule has 24 heavy (non-hydrogen) atoms. The summed E-state index contributed by atoms with van der Waals surface area (Å²) in [5.74, 6) is 0.677. The van der Waals surface area contributed by atoms with Crippen molar-refractivity contribution in [1.82, 2.24) is 0 Å². The molecule has 2 aromatic carbocycles. The van der Waals surface area contributed by atoms with E-state index in [1.807, 2.05) is 35.2 Å². The average Bonchev–Trinajstić information content (AvgIpc) is 2.92. The van der Waals surface area contributed by atoms with Gasteiger partial charge in [0.25, 0.3) is 5.91 Å². The summed E-state index contributed by atoms with van der Waals surface area (Å²) in [5.41, 5.74) is 12.0. The highest BCUT2D eigenvalue weighted by molar-refractivity contribution is 7.80. The summed E-state index contributed by atoms with van der Waals surface area (Å²) in [6.45, 7) is 5.35. The Morgan fingerprint density at radius 3 is 2.75 bits per heavy atom. The molecule has 126 valence electrons. The number of carbonyl (C=O) groups excluding carboxylic acids is 1. The zero-order valence-electron chi connectivity index (χ0n) is 14.0. The van der Waals surface area contributed by atoms with Gasteiger partial charge in [0.1, 0.15) is 0 Å². The largest absolute Gasteiger partial charge is 0.383 e. The number of rotatable bonds is 5. The van der Waals surface area contributed by atoms with E-state index in [9.17, 15) is 4.79 Å². The maximum atomic E-state index is 12.9. The molecule has 1 aliphatic rings. The first kappa shape index (κ1) is 16.9. The molecular formula is C19H23N3OS. The van der Waals surface area contributed by atoms with Gasteiger partial charge in [0, 0.05) is 40.8 Å². The summed E-state index contributed by atoms with van der Waals surface area (Å²) in [5, 5.41) is 3.36. The highest BCUT2D eigenvalue weighted by atomic mass is 32.1. The highest BCUT2D eigenvalue weighted by Crippen LogP contribution is 2.34. The van der Waals surface area contributed by atoms with Gasteiger partial charge in [-0.2, -0.15) is 12.6 Å². The molecular weight excluding hydrogens is 318 g/mol. The second kappa shape index (κ2) is 6.87. The molecule has 0 aliphatic carbocycles. The molecule has 1 heterocycles. The molecule has 3 N–H and O–H groups in total. The van der Waals surface area contributed by atoms with Gasteiger partial charge < -0.3 is 16.0 Å². The molecule has 0 spiro atoms. The summed E-state index contributed by atoms with van der Waals surface area (Å²) in [6.07, 6.45) is 0. The van der Waals surface area contributed by atoms with E-state index < -0.39 is 0 Å². The summed E-state index contributed by atoms with van der Waals surface area (Å²) >= 11 is 4.21. The minimum absolute atomic E-state index is 0.0172. The first-order chi connectivity index (χ1) is 11.5. The van der Waals surface area contributed by atoms with Crippen molar-refractivity contribution in [1.29, 1.82) is 0 Å². The third kappa shape index (κ3) is 3.01. The van der Waals surface area contributed by atoms with Crippen molar-refractivity contribution in [2.75, 3.05) is 22.5 Å². The van der Waals surface area contributed by atoms with Crippen LogP contribution in [0.5, 0.6) is 0 Å². The van der Waals surface area contributed by atoms with Crippen LogP contribution in [0, 0.1) is 13.8 Å². The predicted octanol–water partition coefficient (Wildman–Crippen LogP) is 3.13. The maximum Gasteiger partial charge on any atom is 0.259 e. The van der Waals surface area contributed by atoms with E-state index in [1.165, 1.54) is 5.56 Å².